The van der Waals surface area contributed by atoms with E-state index in [9.17, 15) is 8.42 Å². The van der Waals surface area contributed by atoms with Crippen LogP contribution in [-0.4, -0.2) is 32.8 Å². The number of aromatic nitrogens is 5. The van der Waals surface area contributed by atoms with E-state index in [0.29, 0.717) is 10.7 Å². The second-order valence-electron chi connectivity index (χ2n) is 5.89. The van der Waals surface area contributed by atoms with Crippen LogP contribution in [0.15, 0.2) is 5.16 Å². The van der Waals surface area contributed by atoms with Crippen molar-refractivity contribution in [3.63, 3.8) is 0 Å². The van der Waals surface area contributed by atoms with Crippen molar-refractivity contribution < 1.29 is 8.42 Å². The average Bonchev–Trinajstić information content (AvgIpc) is 2.93. The molecule has 0 unspecified atom stereocenters. The summed E-state index contributed by atoms with van der Waals surface area (Å²) < 4.78 is 28.9. The van der Waals surface area contributed by atoms with Crippen LogP contribution < -0.4 is 0 Å². The van der Waals surface area contributed by atoms with Gasteiger partial charge in [-0.25, -0.2) is 8.42 Å². The van der Waals surface area contributed by atoms with Crippen molar-refractivity contribution in [2.45, 2.75) is 51.2 Å². The molecule has 0 aliphatic carbocycles. The Morgan fingerprint density at radius 3 is 2.29 bits per heavy atom. The van der Waals surface area contributed by atoms with E-state index < -0.39 is 14.6 Å². The fraction of sp³-hybridized carbons (Fsp3) is 0.636. The van der Waals surface area contributed by atoms with E-state index >= 15 is 0 Å². The molecule has 0 saturated carbocycles. The maximum atomic E-state index is 11.7. The van der Waals surface area contributed by atoms with Gasteiger partial charge in [-0.2, -0.15) is 0 Å². The van der Waals surface area contributed by atoms with Crippen molar-refractivity contribution in [2.75, 3.05) is 0 Å². The molecule has 2 aromatic heterocycles. The normalized spacial score (nSPS) is 13.1. The van der Waals surface area contributed by atoms with Gasteiger partial charge in [-0.3, -0.25) is 4.57 Å². The largest absolute Gasteiger partial charge is 0.296 e. The Morgan fingerprint density at radius 2 is 1.81 bits per heavy atom. The predicted molar refractivity (Wildman–Crippen MR) is 81.0 cm³/mol. The standard InChI is InChI=1S/C11H16ClN5O2S2/c1-6(2)7-8(20-16-13-7)9-14-15-10(21(12,18)19)17(9)11(3,4)5/h6H,1-5H3. The number of hydrogen-bond acceptors (Lipinski definition) is 7. The summed E-state index contributed by atoms with van der Waals surface area (Å²) in [6, 6.07) is 0. The topological polar surface area (TPSA) is 90.6 Å². The second kappa shape index (κ2) is 5.29. The predicted octanol–water partition coefficient (Wildman–Crippen LogP) is 2.60. The van der Waals surface area contributed by atoms with E-state index in [2.05, 4.69) is 19.8 Å². The van der Waals surface area contributed by atoms with E-state index in [1.165, 1.54) is 4.57 Å². The molecule has 2 heterocycles. The third-order valence-corrected chi connectivity index (χ3v) is 4.64. The number of hydrogen-bond donors (Lipinski definition) is 0. The van der Waals surface area contributed by atoms with Gasteiger partial charge < -0.3 is 0 Å². The zero-order chi connectivity index (χ0) is 16.0. The summed E-state index contributed by atoms with van der Waals surface area (Å²) in [5.41, 5.74) is 0.199. The summed E-state index contributed by atoms with van der Waals surface area (Å²) in [7, 11) is 1.47. The summed E-state index contributed by atoms with van der Waals surface area (Å²) in [5, 5.41) is 11.6. The van der Waals surface area contributed by atoms with Crippen molar-refractivity contribution in [3.8, 4) is 10.7 Å². The smallest absolute Gasteiger partial charge is 0.291 e. The Balaban J connectivity index is 2.77. The van der Waals surface area contributed by atoms with Crippen LogP contribution in [0.4, 0.5) is 0 Å². The maximum Gasteiger partial charge on any atom is 0.296 e. The van der Waals surface area contributed by atoms with Crippen LogP contribution in [0.2, 0.25) is 0 Å². The molecule has 0 aliphatic heterocycles. The quantitative estimate of drug-likeness (QED) is 0.791. The molecular weight excluding hydrogens is 334 g/mol. The van der Waals surface area contributed by atoms with Gasteiger partial charge in [-0.05, 0) is 38.2 Å². The summed E-state index contributed by atoms with van der Waals surface area (Å²) >= 11 is 1.16. The number of halogens is 1. The van der Waals surface area contributed by atoms with Gasteiger partial charge in [-0.1, -0.05) is 18.3 Å². The summed E-state index contributed by atoms with van der Waals surface area (Å²) in [5.74, 6) is 0.556. The summed E-state index contributed by atoms with van der Waals surface area (Å²) in [6.07, 6.45) is 0. The molecule has 0 fully saturated rings. The molecule has 0 radical (unpaired) electrons. The number of nitrogens with zero attached hydrogens (tertiary/aromatic N) is 5. The van der Waals surface area contributed by atoms with Crippen LogP contribution in [-0.2, 0) is 14.6 Å². The number of rotatable bonds is 3. The van der Waals surface area contributed by atoms with Gasteiger partial charge in [-0.15, -0.1) is 15.3 Å². The van der Waals surface area contributed by atoms with Crippen molar-refractivity contribution in [3.05, 3.63) is 5.69 Å². The molecular formula is C11H16ClN5O2S2. The molecule has 0 N–H and O–H groups in total. The van der Waals surface area contributed by atoms with Gasteiger partial charge in [0, 0.05) is 16.2 Å². The Bertz CT molecular complexity index is 758. The Hall–Kier alpha value is -1.06. The molecule has 2 aromatic rings. The van der Waals surface area contributed by atoms with E-state index in [1.54, 1.807) is 0 Å². The van der Waals surface area contributed by atoms with Gasteiger partial charge in [0.2, 0.25) is 0 Å². The van der Waals surface area contributed by atoms with Gasteiger partial charge in [0.1, 0.15) is 4.88 Å². The highest BCUT2D eigenvalue weighted by Gasteiger charge is 2.32. The van der Waals surface area contributed by atoms with Gasteiger partial charge in [0.05, 0.1) is 5.69 Å². The first kappa shape index (κ1) is 16.3. The lowest BCUT2D eigenvalue weighted by atomic mass is 10.1. The van der Waals surface area contributed by atoms with Crippen LogP contribution in [0, 0.1) is 0 Å². The highest BCUT2D eigenvalue weighted by Crippen LogP contribution is 2.34. The average molecular weight is 350 g/mol. The van der Waals surface area contributed by atoms with E-state index in [-0.39, 0.29) is 11.1 Å². The molecule has 21 heavy (non-hydrogen) atoms. The fourth-order valence-electron chi connectivity index (χ4n) is 1.91. The maximum absolute atomic E-state index is 11.7. The Kier molecular flexibility index (Phi) is 4.11. The lowest BCUT2D eigenvalue weighted by Gasteiger charge is -2.23. The molecule has 0 atom stereocenters. The summed E-state index contributed by atoms with van der Waals surface area (Å²) in [4.78, 5) is 0.707. The molecule has 0 saturated heterocycles. The van der Waals surface area contributed by atoms with Crippen molar-refractivity contribution in [1.29, 1.82) is 0 Å². The van der Waals surface area contributed by atoms with Crippen molar-refractivity contribution >= 4 is 31.3 Å². The molecule has 0 aromatic carbocycles. The first-order valence-electron chi connectivity index (χ1n) is 6.26. The molecule has 7 nitrogen and oxygen atoms in total. The zero-order valence-electron chi connectivity index (χ0n) is 12.3. The molecule has 0 amide bonds. The third kappa shape index (κ3) is 3.09. The second-order valence-corrected chi connectivity index (χ2v) is 9.11. The molecule has 0 spiro atoms. The van der Waals surface area contributed by atoms with E-state index in [1.807, 2.05) is 34.6 Å². The van der Waals surface area contributed by atoms with Crippen LogP contribution in [0.25, 0.3) is 10.7 Å². The lowest BCUT2D eigenvalue weighted by molar-refractivity contribution is 0.367. The van der Waals surface area contributed by atoms with Crippen LogP contribution in [0.5, 0.6) is 0 Å². The minimum atomic E-state index is -3.99. The first-order chi connectivity index (χ1) is 9.53. The van der Waals surface area contributed by atoms with Crippen LogP contribution >= 0.6 is 22.2 Å². The van der Waals surface area contributed by atoms with Crippen molar-refractivity contribution in [1.82, 2.24) is 24.4 Å². The van der Waals surface area contributed by atoms with E-state index in [0.717, 1.165) is 17.2 Å². The SMILES string of the molecule is CC(C)c1nnsc1-c1nnc(S(=O)(=O)Cl)n1C(C)(C)C. The zero-order valence-corrected chi connectivity index (χ0v) is 14.7. The highest BCUT2D eigenvalue weighted by atomic mass is 35.7. The van der Waals surface area contributed by atoms with Gasteiger partial charge >= 0.3 is 0 Å². The Labute approximate surface area is 131 Å². The molecule has 0 bridgehead atoms. The summed E-state index contributed by atoms with van der Waals surface area (Å²) in [6.45, 7) is 9.54. The third-order valence-electron chi connectivity index (χ3n) is 2.79. The molecule has 10 heteroatoms. The van der Waals surface area contributed by atoms with E-state index in [4.69, 9.17) is 10.7 Å². The minimum Gasteiger partial charge on any atom is -0.291 e. The molecule has 2 rings (SSSR count). The van der Waals surface area contributed by atoms with Crippen LogP contribution in [0.1, 0.15) is 46.2 Å². The molecule has 0 aliphatic rings. The molecule has 116 valence electrons. The first-order valence-corrected chi connectivity index (χ1v) is 9.35. The van der Waals surface area contributed by atoms with Gasteiger partial charge in [0.15, 0.2) is 5.82 Å². The minimum absolute atomic E-state index is 0.139. The monoisotopic (exact) mass is 349 g/mol. The Morgan fingerprint density at radius 1 is 1.19 bits per heavy atom. The fourth-order valence-corrected chi connectivity index (χ4v) is 3.72. The van der Waals surface area contributed by atoms with Gasteiger partial charge in [0.25, 0.3) is 14.2 Å². The van der Waals surface area contributed by atoms with Crippen LogP contribution in [0.3, 0.4) is 0 Å². The highest BCUT2D eigenvalue weighted by molar-refractivity contribution is 8.13. The lowest BCUT2D eigenvalue weighted by Crippen LogP contribution is -2.26. The van der Waals surface area contributed by atoms with Crippen molar-refractivity contribution in [2.24, 2.45) is 0 Å².